The zero-order valence-electron chi connectivity index (χ0n) is 12.2. The zero-order valence-corrected chi connectivity index (χ0v) is 12.2. The third-order valence-corrected chi connectivity index (χ3v) is 3.98. The van der Waals surface area contributed by atoms with Gasteiger partial charge in [0.05, 0.1) is 0 Å². The summed E-state index contributed by atoms with van der Waals surface area (Å²) in [6.45, 7) is 9.31. The average Bonchev–Trinajstić information content (AvgIpc) is 2.45. The van der Waals surface area contributed by atoms with Crippen molar-refractivity contribution in [3.63, 3.8) is 0 Å². The van der Waals surface area contributed by atoms with Crippen LogP contribution in [0.15, 0.2) is 24.3 Å². The maximum Gasteiger partial charge on any atom is 0.0434 e. The van der Waals surface area contributed by atoms with Gasteiger partial charge in [0.25, 0.3) is 0 Å². The Hall–Kier alpha value is -1.06. The van der Waals surface area contributed by atoms with Gasteiger partial charge in [0.15, 0.2) is 0 Å². The molecule has 0 saturated carbocycles. The second-order valence-electron chi connectivity index (χ2n) is 5.57. The van der Waals surface area contributed by atoms with E-state index in [9.17, 15) is 0 Å². The summed E-state index contributed by atoms with van der Waals surface area (Å²) in [6, 6.07) is 9.27. The molecule has 1 heterocycles. The van der Waals surface area contributed by atoms with Crippen LogP contribution in [0.25, 0.3) is 0 Å². The van der Waals surface area contributed by atoms with Crippen molar-refractivity contribution in [2.75, 3.05) is 37.7 Å². The van der Waals surface area contributed by atoms with E-state index in [2.05, 4.69) is 47.9 Å². The molecule has 3 nitrogen and oxygen atoms in total. The predicted molar refractivity (Wildman–Crippen MR) is 80.8 cm³/mol. The molecular formula is C16H26N2O. The van der Waals surface area contributed by atoms with Crippen molar-refractivity contribution < 1.29 is 5.11 Å². The summed E-state index contributed by atoms with van der Waals surface area (Å²) in [5.74, 6) is 0. The lowest BCUT2D eigenvalue weighted by Gasteiger charge is -2.38. The number of para-hydroxylation sites is 1. The highest BCUT2D eigenvalue weighted by molar-refractivity contribution is 5.54. The van der Waals surface area contributed by atoms with Crippen molar-refractivity contribution in [1.82, 2.24) is 4.90 Å². The number of aliphatic hydroxyl groups excluding tert-OH is 1. The van der Waals surface area contributed by atoms with Crippen molar-refractivity contribution in [3.05, 3.63) is 29.8 Å². The van der Waals surface area contributed by atoms with Crippen LogP contribution in [-0.2, 0) is 6.42 Å². The van der Waals surface area contributed by atoms with Crippen LogP contribution in [0.2, 0.25) is 0 Å². The Labute approximate surface area is 116 Å². The molecule has 0 aliphatic carbocycles. The van der Waals surface area contributed by atoms with Crippen molar-refractivity contribution in [1.29, 1.82) is 0 Å². The number of benzene rings is 1. The van der Waals surface area contributed by atoms with Crippen molar-refractivity contribution in [2.24, 2.45) is 0 Å². The van der Waals surface area contributed by atoms with Gasteiger partial charge >= 0.3 is 0 Å². The highest BCUT2D eigenvalue weighted by Crippen LogP contribution is 2.23. The highest BCUT2D eigenvalue weighted by Gasteiger charge is 2.20. The Balaban J connectivity index is 2.02. The maximum absolute atomic E-state index is 9.00. The first-order chi connectivity index (χ1) is 9.22. The molecule has 106 valence electrons. The fourth-order valence-corrected chi connectivity index (χ4v) is 2.78. The molecule has 0 radical (unpaired) electrons. The molecule has 0 spiro atoms. The summed E-state index contributed by atoms with van der Waals surface area (Å²) in [5.41, 5.74) is 2.73. The summed E-state index contributed by atoms with van der Waals surface area (Å²) < 4.78 is 0. The average molecular weight is 262 g/mol. The van der Waals surface area contributed by atoms with E-state index in [0.717, 1.165) is 39.0 Å². The fourth-order valence-electron chi connectivity index (χ4n) is 2.78. The molecule has 19 heavy (non-hydrogen) atoms. The van der Waals surface area contributed by atoms with Gasteiger partial charge in [-0.1, -0.05) is 18.2 Å². The van der Waals surface area contributed by atoms with Gasteiger partial charge in [-0.05, 0) is 38.3 Å². The molecule has 1 fully saturated rings. The first-order valence-electron chi connectivity index (χ1n) is 7.40. The summed E-state index contributed by atoms with van der Waals surface area (Å²) in [7, 11) is 0. The van der Waals surface area contributed by atoms with Gasteiger partial charge in [-0.15, -0.1) is 0 Å². The number of anilines is 1. The van der Waals surface area contributed by atoms with E-state index in [4.69, 9.17) is 5.11 Å². The van der Waals surface area contributed by atoms with Crippen molar-refractivity contribution in [2.45, 2.75) is 32.7 Å². The summed E-state index contributed by atoms with van der Waals surface area (Å²) >= 11 is 0. The van der Waals surface area contributed by atoms with Gasteiger partial charge in [-0.3, -0.25) is 4.90 Å². The fraction of sp³-hybridized carbons (Fsp3) is 0.625. The summed E-state index contributed by atoms with van der Waals surface area (Å²) in [5, 5.41) is 9.00. The van der Waals surface area contributed by atoms with Gasteiger partial charge in [-0.2, -0.15) is 0 Å². The maximum atomic E-state index is 9.00. The standard InChI is InChI=1S/C16H26N2O/c1-14(2)17-9-11-18(12-10-17)16-8-4-3-6-15(16)7-5-13-19/h3-4,6,8,14,19H,5,7,9-13H2,1-2H3. The van der Waals surface area contributed by atoms with E-state index in [1.165, 1.54) is 11.3 Å². The smallest absolute Gasteiger partial charge is 0.0434 e. The predicted octanol–water partition coefficient (Wildman–Crippen LogP) is 2.14. The molecule has 0 aromatic heterocycles. The Kier molecular flexibility index (Phi) is 5.23. The highest BCUT2D eigenvalue weighted by atomic mass is 16.2. The van der Waals surface area contributed by atoms with E-state index in [-0.39, 0.29) is 6.61 Å². The second-order valence-corrected chi connectivity index (χ2v) is 5.57. The number of nitrogens with zero attached hydrogens (tertiary/aromatic N) is 2. The minimum atomic E-state index is 0.273. The SMILES string of the molecule is CC(C)N1CCN(c2ccccc2CCCO)CC1. The molecule has 1 N–H and O–H groups in total. The number of piperazine rings is 1. The molecule has 1 aliphatic rings. The lowest BCUT2D eigenvalue weighted by Crippen LogP contribution is -2.49. The van der Waals surface area contributed by atoms with E-state index >= 15 is 0 Å². The van der Waals surface area contributed by atoms with Crippen LogP contribution in [-0.4, -0.2) is 48.8 Å². The molecule has 2 rings (SSSR count). The van der Waals surface area contributed by atoms with E-state index in [1.807, 2.05) is 0 Å². The Bertz CT molecular complexity index is 384. The number of aliphatic hydroxyl groups is 1. The molecule has 0 atom stereocenters. The quantitative estimate of drug-likeness (QED) is 0.881. The first kappa shape index (κ1) is 14.4. The lowest BCUT2D eigenvalue weighted by molar-refractivity contribution is 0.209. The monoisotopic (exact) mass is 262 g/mol. The summed E-state index contributed by atoms with van der Waals surface area (Å²) in [6.07, 6.45) is 1.82. The zero-order chi connectivity index (χ0) is 13.7. The van der Waals surface area contributed by atoms with Crippen LogP contribution in [0.5, 0.6) is 0 Å². The third kappa shape index (κ3) is 3.71. The Morgan fingerprint density at radius 1 is 1.11 bits per heavy atom. The number of rotatable bonds is 5. The van der Waals surface area contributed by atoms with Gasteiger partial charge in [0.2, 0.25) is 0 Å². The van der Waals surface area contributed by atoms with Crippen LogP contribution >= 0.6 is 0 Å². The van der Waals surface area contributed by atoms with Crippen LogP contribution in [0, 0.1) is 0 Å². The molecule has 1 saturated heterocycles. The minimum Gasteiger partial charge on any atom is -0.396 e. The molecule has 1 aromatic carbocycles. The Morgan fingerprint density at radius 2 is 1.79 bits per heavy atom. The van der Waals surface area contributed by atoms with E-state index in [0.29, 0.717) is 6.04 Å². The molecule has 3 heteroatoms. The molecule has 0 amide bonds. The van der Waals surface area contributed by atoms with Crippen LogP contribution in [0.3, 0.4) is 0 Å². The van der Waals surface area contributed by atoms with Crippen molar-refractivity contribution in [3.8, 4) is 0 Å². The van der Waals surface area contributed by atoms with E-state index in [1.54, 1.807) is 0 Å². The van der Waals surface area contributed by atoms with Crippen molar-refractivity contribution >= 4 is 5.69 Å². The summed E-state index contributed by atoms with van der Waals surface area (Å²) in [4.78, 5) is 5.03. The number of hydrogen-bond acceptors (Lipinski definition) is 3. The van der Waals surface area contributed by atoms with E-state index < -0.39 is 0 Å². The van der Waals surface area contributed by atoms with Gasteiger partial charge in [-0.25, -0.2) is 0 Å². The van der Waals surface area contributed by atoms with Crippen LogP contribution < -0.4 is 4.90 Å². The minimum absolute atomic E-state index is 0.273. The number of hydrogen-bond donors (Lipinski definition) is 1. The van der Waals surface area contributed by atoms with Gasteiger partial charge < -0.3 is 10.0 Å². The lowest BCUT2D eigenvalue weighted by atomic mass is 10.1. The van der Waals surface area contributed by atoms with Gasteiger partial charge in [0.1, 0.15) is 0 Å². The number of aryl methyl sites for hydroxylation is 1. The molecule has 0 unspecified atom stereocenters. The third-order valence-electron chi connectivity index (χ3n) is 3.98. The Morgan fingerprint density at radius 3 is 2.42 bits per heavy atom. The first-order valence-corrected chi connectivity index (χ1v) is 7.40. The van der Waals surface area contributed by atoms with Crippen LogP contribution in [0.4, 0.5) is 5.69 Å². The van der Waals surface area contributed by atoms with Crippen LogP contribution in [0.1, 0.15) is 25.8 Å². The molecule has 0 bridgehead atoms. The largest absolute Gasteiger partial charge is 0.396 e. The van der Waals surface area contributed by atoms with Gasteiger partial charge in [0, 0.05) is 44.5 Å². The molecule has 1 aliphatic heterocycles. The second kappa shape index (κ2) is 6.92. The molecule has 1 aromatic rings. The normalized spacial score (nSPS) is 17.2. The molecular weight excluding hydrogens is 236 g/mol. The topological polar surface area (TPSA) is 26.7 Å².